The van der Waals surface area contributed by atoms with Gasteiger partial charge in [0.05, 0.1) is 30.2 Å². The number of fused-ring (bicyclic) bond motifs is 1. The van der Waals surface area contributed by atoms with E-state index in [2.05, 4.69) is 10.3 Å². The summed E-state index contributed by atoms with van der Waals surface area (Å²) in [5.74, 6) is -0.862. The number of benzene rings is 2. The first-order valence-electron chi connectivity index (χ1n) is 11.7. The molecule has 1 N–H and O–H groups in total. The van der Waals surface area contributed by atoms with E-state index in [1.807, 2.05) is 34.9 Å². The van der Waals surface area contributed by atoms with Crippen LogP contribution in [-0.2, 0) is 29.2 Å². The van der Waals surface area contributed by atoms with Crippen LogP contribution in [0, 0.1) is 11.7 Å². The van der Waals surface area contributed by atoms with Crippen molar-refractivity contribution in [3.8, 4) is 0 Å². The van der Waals surface area contributed by atoms with Crippen LogP contribution < -0.4 is 5.32 Å². The average molecular weight is 497 g/mol. The Hall–Kier alpha value is -3.23. The summed E-state index contributed by atoms with van der Waals surface area (Å²) in [6.45, 7) is 2.19. The molecule has 0 radical (unpaired) electrons. The van der Waals surface area contributed by atoms with Crippen LogP contribution in [0.1, 0.15) is 46.3 Å². The predicted octanol–water partition coefficient (Wildman–Crippen LogP) is 4.12. The lowest BCUT2D eigenvalue weighted by atomic mass is 9.95. The molecule has 3 heterocycles. The number of piperidine rings is 1. The molecule has 0 spiro atoms. The van der Waals surface area contributed by atoms with Crippen LogP contribution in [0.5, 0.6) is 0 Å². The monoisotopic (exact) mass is 496 g/mol. The van der Waals surface area contributed by atoms with E-state index in [1.165, 1.54) is 12.1 Å². The van der Waals surface area contributed by atoms with Gasteiger partial charge in [-0.25, -0.2) is 9.37 Å². The SMILES string of the molecule is O=C(NCc1ccc(F)c(Cl)c1)C1CCN(C(=O)c2ncn3c2COC(c2ccccc2)C3)CC1. The van der Waals surface area contributed by atoms with Gasteiger partial charge in [0, 0.05) is 25.6 Å². The van der Waals surface area contributed by atoms with Crippen LogP contribution in [0.4, 0.5) is 4.39 Å². The number of ether oxygens (including phenoxy) is 1. The van der Waals surface area contributed by atoms with Crippen molar-refractivity contribution in [3.63, 3.8) is 0 Å². The lowest BCUT2D eigenvalue weighted by Crippen LogP contribution is -2.43. The van der Waals surface area contributed by atoms with E-state index in [0.29, 0.717) is 44.8 Å². The molecule has 2 aromatic carbocycles. The Morgan fingerprint density at radius 1 is 1.14 bits per heavy atom. The molecule has 1 atom stereocenters. The van der Waals surface area contributed by atoms with Crippen molar-refractivity contribution in [3.05, 3.63) is 88.2 Å². The number of hydrogen-bond acceptors (Lipinski definition) is 4. The predicted molar refractivity (Wildman–Crippen MR) is 128 cm³/mol. The number of halogens is 2. The highest BCUT2D eigenvalue weighted by Gasteiger charge is 2.32. The number of carbonyl (C=O) groups is 2. The number of amides is 2. The van der Waals surface area contributed by atoms with Crippen LogP contribution in [-0.4, -0.2) is 39.4 Å². The molecule has 2 aliphatic heterocycles. The Balaban J connectivity index is 1.15. The Morgan fingerprint density at radius 2 is 1.91 bits per heavy atom. The normalized spacial score (nSPS) is 18.2. The molecule has 9 heteroatoms. The Labute approximate surface area is 207 Å². The molecule has 0 aliphatic carbocycles. The van der Waals surface area contributed by atoms with E-state index in [0.717, 1.165) is 16.8 Å². The van der Waals surface area contributed by atoms with Gasteiger partial charge in [0.1, 0.15) is 11.9 Å². The third-order valence-electron chi connectivity index (χ3n) is 6.71. The molecule has 35 heavy (non-hydrogen) atoms. The van der Waals surface area contributed by atoms with Gasteiger partial charge in [-0.05, 0) is 36.1 Å². The quantitative estimate of drug-likeness (QED) is 0.576. The number of hydrogen-bond donors (Lipinski definition) is 1. The number of likely N-dealkylation sites (tertiary alicyclic amines) is 1. The smallest absolute Gasteiger partial charge is 0.274 e. The topological polar surface area (TPSA) is 76.5 Å². The van der Waals surface area contributed by atoms with Gasteiger partial charge in [-0.15, -0.1) is 0 Å². The highest BCUT2D eigenvalue weighted by molar-refractivity contribution is 6.30. The first kappa shape index (κ1) is 23.5. The molecule has 2 amide bonds. The maximum absolute atomic E-state index is 13.3. The largest absolute Gasteiger partial charge is 0.365 e. The molecule has 1 saturated heterocycles. The van der Waals surface area contributed by atoms with Crippen molar-refractivity contribution in [1.82, 2.24) is 19.8 Å². The van der Waals surface area contributed by atoms with Crippen molar-refractivity contribution in [2.45, 2.75) is 38.6 Å². The zero-order valence-electron chi connectivity index (χ0n) is 19.1. The Kier molecular flexibility index (Phi) is 6.83. The summed E-state index contributed by atoms with van der Waals surface area (Å²) in [5.41, 5.74) is 3.05. The second-order valence-electron chi connectivity index (χ2n) is 8.94. The molecule has 182 valence electrons. The van der Waals surface area contributed by atoms with Crippen molar-refractivity contribution in [2.24, 2.45) is 5.92 Å². The molecular weight excluding hydrogens is 471 g/mol. The van der Waals surface area contributed by atoms with Crippen LogP contribution in [0.25, 0.3) is 0 Å². The highest BCUT2D eigenvalue weighted by Crippen LogP contribution is 2.29. The lowest BCUT2D eigenvalue weighted by molar-refractivity contribution is -0.126. The van der Waals surface area contributed by atoms with Gasteiger partial charge in [0.2, 0.25) is 5.91 Å². The Morgan fingerprint density at radius 3 is 2.66 bits per heavy atom. The van der Waals surface area contributed by atoms with Crippen molar-refractivity contribution in [1.29, 1.82) is 0 Å². The molecular formula is C26H26ClFN4O3. The van der Waals surface area contributed by atoms with E-state index < -0.39 is 5.82 Å². The summed E-state index contributed by atoms with van der Waals surface area (Å²) in [5, 5.41) is 2.92. The van der Waals surface area contributed by atoms with Gasteiger partial charge in [0.15, 0.2) is 5.69 Å². The first-order valence-corrected chi connectivity index (χ1v) is 12.1. The van der Waals surface area contributed by atoms with Crippen LogP contribution in [0.15, 0.2) is 54.9 Å². The average Bonchev–Trinajstić information content (AvgIpc) is 3.32. The summed E-state index contributed by atoms with van der Waals surface area (Å²) in [6, 6.07) is 14.4. The van der Waals surface area contributed by atoms with Gasteiger partial charge in [0.25, 0.3) is 5.91 Å². The molecule has 1 unspecified atom stereocenters. The van der Waals surface area contributed by atoms with E-state index in [4.69, 9.17) is 16.3 Å². The maximum atomic E-state index is 13.3. The fourth-order valence-corrected chi connectivity index (χ4v) is 4.86. The molecule has 3 aromatic rings. The molecule has 1 fully saturated rings. The third-order valence-corrected chi connectivity index (χ3v) is 7.00. The molecule has 7 nitrogen and oxygen atoms in total. The van der Waals surface area contributed by atoms with Crippen LogP contribution in [0.3, 0.4) is 0 Å². The number of nitrogens with zero attached hydrogens (tertiary/aromatic N) is 3. The van der Waals surface area contributed by atoms with Gasteiger partial charge < -0.3 is 19.5 Å². The van der Waals surface area contributed by atoms with E-state index in [-0.39, 0.29) is 35.4 Å². The second-order valence-corrected chi connectivity index (χ2v) is 9.34. The maximum Gasteiger partial charge on any atom is 0.274 e. The van der Waals surface area contributed by atoms with Gasteiger partial charge in [-0.3, -0.25) is 9.59 Å². The molecule has 1 aromatic heterocycles. The van der Waals surface area contributed by atoms with E-state index in [1.54, 1.807) is 17.3 Å². The van der Waals surface area contributed by atoms with Crippen molar-refractivity contribution in [2.75, 3.05) is 13.1 Å². The zero-order valence-corrected chi connectivity index (χ0v) is 19.9. The lowest BCUT2D eigenvalue weighted by Gasteiger charge is -2.31. The van der Waals surface area contributed by atoms with Crippen molar-refractivity contribution < 1.29 is 18.7 Å². The highest BCUT2D eigenvalue weighted by atomic mass is 35.5. The molecule has 0 saturated carbocycles. The second kappa shape index (κ2) is 10.2. The minimum atomic E-state index is -0.486. The van der Waals surface area contributed by atoms with Crippen LogP contribution >= 0.6 is 11.6 Å². The minimum Gasteiger partial charge on any atom is -0.365 e. The third kappa shape index (κ3) is 5.09. The van der Waals surface area contributed by atoms with E-state index in [9.17, 15) is 14.0 Å². The number of nitrogens with one attached hydrogen (secondary N) is 1. The van der Waals surface area contributed by atoms with Gasteiger partial charge >= 0.3 is 0 Å². The number of rotatable bonds is 5. The standard InChI is InChI=1S/C26H26ClFN4O3/c27-20-12-17(6-7-21(20)28)13-29-25(33)19-8-10-31(11-9-19)26(34)24-22-15-35-23(14-32(22)16-30-24)18-4-2-1-3-5-18/h1-7,12,16,19,23H,8-11,13-15H2,(H,29,33). The summed E-state index contributed by atoms with van der Waals surface area (Å²) in [6.07, 6.45) is 2.79. The fourth-order valence-electron chi connectivity index (χ4n) is 4.65. The first-order chi connectivity index (χ1) is 17.0. The molecule has 2 aliphatic rings. The van der Waals surface area contributed by atoms with Gasteiger partial charge in [-0.2, -0.15) is 0 Å². The fraction of sp³-hybridized carbons (Fsp3) is 0.346. The minimum absolute atomic E-state index is 0.0334. The Bertz CT molecular complexity index is 1220. The summed E-state index contributed by atoms with van der Waals surface area (Å²) in [4.78, 5) is 32.0. The molecule has 5 rings (SSSR count). The number of carbonyl (C=O) groups excluding carboxylic acids is 2. The van der Waals surface area contributed by atoms with E-state index >= 15 is 0 Å². The van der Waals surface area contributed by atoms with Gasteiger partial charge in [-0.1, -0.05) is 48.0 Å². The molecule has 0 bridgehead atoms. The number of imidazole rings is 1. The van der Waals surface area contributed by atoms with Crippen LogP contribution in [0.2, 0.25) is 5.02 Å². The summed E-state index contributed by atoms with van der Waals surface area (Å²) in [7, 11) is 0. The number of aromatic nitrogens is 2. The zero-order chi connectivity index (χ0) is 24.4. The summed E-state index contributed by atoms with van der Waals surface area (Å²) < 4.78 is 21.3. The van der Waals surface area contributed by atoms with Crippen molar-refractivity contribution >= 4 is 23.4 Å². The summed E-state index contributed by atoms with van der Waals surface area (Å²) >= 11 is 5.81.